The van der Waals surface area contributed by atoms with Gasteiger partial charge in [-0.2, -0.15) is 18.2 Å². The summed E-state index contributed by atoms with van der Waals surface area (Å²) in [4.78, 5) is 14.8. The molecule has 0 aliphatic carbocycles. The summed E-state index contributed by atoms with van der Waals surface area (Å²) in [5.74, 6) is 0.778. The first-order chi connectivity index (χ1) is 7.87. The molecule has 0 fully saturated rings. The first-order valence-corrected chi connectivity index (χ1v) is 4.74. The number of carbonyl (C=O) groups is 1. The van der Waals surface area contributed by atoms with Crippen LogP contribution in [0.5, 0.6) is 0 Å². The molecular formula is C8H11F3N4O2. The van der Waals surface area contributed by atoms with Gasteiger partial charge in [0.2, 0.25) is 5.89 Å². The fourth-order valence-electron chi connectivity index (χ4n) is 0.974. The first kappa shape index (κ1) is 13.3. The topological polar surface area (TPSA) is 80.0 Å². The Kier molecular flexibility index (Phi) is 4.30. The third-order valence-corrected chi connectivity index (χ3v) is 1.65. The minimum Gasteiger partial charge on any atom is -0.340 e. The van der Waals surface area contributed by atoms with Crippen LogP contribution in [0.1, 0.15) is 11.7 Å². The number of amides is 2. The highest BCUT2D eigenvalue weighted by Gasteiger charge is 2.27. The van der Waals surface area contributed by atoms with Crippen molar-refractivity contribution in [2.75, 3.05) is 13.1 Å². The fraction of sp³-hybridized carbons (Fsp3) is 0.625. The molecule has 0 saturated heterocycles. The van der Waals surface area contributed by atoms with Crippen molar-refractivity contribution in [2.24, 2.45) is 0 Å². The zero-order chi connectivity index (χ0) is 12.9. The Morgan fingerprint density at radius 2 is 2.12 bits per heavy atom. The van der Waals surface area contributed by atoms with Crippen molar-refractivity contribution in [1.82, 2.24) is 20.8 Å². The van der Waals surface area contributed by atoms with E-state index in [2.05, 4.69) is 20.0 Å². The number of nitrogens with one attached hydrogen (secondary N) is 2. The Balaban J connectivity index is 2.16. The lowest BCUT2D eigenvalue weighted by Crippen LogP contribution is -2.41. The van der Waals surface area contributed by atoms with Gasteiger partial charge in [0.25, 0.3) is 0 Å². The van der Waals surface area contributed by atoms with Gasteiger partial charge in [0, 0.05) is 19.9 Å². The van der Waals surface area contributed by atoms with Crippen LogP contribution in [0.15, 0.2) is 4.52 Å². The Morgan fingerprint density at radius 3 is 2.65 bits per heavy atom. The smallest absolute Gasteiger partial charge is 0.340 e. The number of hydrogen-bond acceptors (Lipinski definition) is 4. The first-order valence-electron chi connectivity index (χ1n) is 4.74. The maximum Gasteiger partial charge on any atom is 0.405 e. The highest BCUT2D eigenvalue weighted by Crippen LogP contribution is 2.11. The van der Waals surface area contributed by atoms with E-state index in [9.17, 15) is 18.0 Å². The molecule has 2 N–H and O–H groups in total. The normalized spacial score (nSPS) is 11.3. The van der Waals surface area contributed by atoms with Gasteiger partial charge in [-0.25, -0.2) is 4.79 Å². The second-order valence-electron chi connectivity index (χ2n) is 3.20. The minimum absolute atomic E-state index is 0.128. The molecule has 0 aliphatic rings. The fourth-order valence-corrected chi connectivity index (χ4v) is 0.974. The van der Waals surface area contributed by atoms with Gasteiger partial charge in [0.15, 0.2) is 5.82 Å². The number of alkyl halides is 3. The van der Waals surface area contributed by atoms with Crippen molar-refractivity contribution < 1.29 is 22.5 Å². The lowest BCUT2D eigenvalue weighted by atomic mass is 10.4. The summed E-state index contributed by atoms with van der Waals surface area (Å²) in [5.41, 5.74) is 0. The van der Waals surface area contributed by atoms with E-state index in [1.165, 1.54) is 0 Å². The van der Waals surface area contributed by atoms with Crippen LogP contribution < -0.4 is 10.6 Å². The summed E-state index contributed by atoms with van der Waals surface area (Å²) in [6.45, 7) is 0.378. The maximum atomic E-state index is 11.7. The average molecular weight is 252 g/mol. The molecule has 0 spiro atoms. The van der Waals surface area contributed by atoms with Gasteiger partial charge in [-0.15, -0.1) is 0 Å². The summed E-state index contributed by atoms with van der Waals surface area (Å²) in [7, 11) is 0. The molecule has 1 aromatic heterocycles. The molecule has 96 valence electrons. The number of hydrogen-bond donors (Lipinski definition) is 2. The zero-order valence-electron chi connectivity index (χ0n) is 8.97. The SMILES string of the molecule is Cc1nc(CCNC(=O)NCC(F)(F)F)no1. The van der Waals surface area contributed by atoms with E-state index >= 15 is 0 Å². The Hall–Kier alpha value is -1.80. The van der Waals surface area contributed by atoms with Crippen LogP contribution in [0.2, 0.25) is 0 Å². The molecule has 0 aromatic carbocycles. The molecule has 0 radical (unpaired) electrons. The van der Waals surface area contributed by atoms with E-state index in [-0.39, 0.29) is 13.0 Å². The molecule has 17 heavy (non-hydrogen) atoms. The van der Waals surface area contributed by atoms with Crippen molar-refractivity contribution >= 4 is 6.03 Å². The molecule has 0 bridgehead atoms. The molecule has 6 nitrogen and oxygen atoms in total. The van der Waals surface area contributed by atoms with E-state index in [1.54, 1.807) is 12.2 Å². The number of rotatable bonds is 4. The Labute approximate surface area is 94.6 Å². The average Bonchev–Trinajstić information content (AvgIpc) is 2.60. The highest BCUT2D eigenvalue weighted by molar-refractivity contribution is 5.73. The Bertz CT molecular complexity index is 377. The van der Waals surface area contributed by atoms with Crippen LogP contribution in [-0.4, -0.2) is 35.4 Å². The van der Waals surface area contributed by atoms with E-state index in [0.717, 1.165) is 0 Å². The number of nitrogens with zero attached hydrogens (tertiary/aromatic N) is 2. The monoisotopic (exact) mass is 252 g/mol. The van der Waals surface area contributed by atoms with E-state index in [4.69, 9.17) is 0 Å². The highest BCUT2D eigenvalue weighted by atomic mass is 19.4. The van der Waals surface area contributed by atoms with Gasteiger partial charge in [0.1, 0.15) is 6.54 Å². The van der Waals surface area contributed by atoms with Gasteiger partial charge >= 0.3 is 12.2 Å². The standard InChI is InChI=1S/C8H11F3N4O2/c1-5-14-6(15-17-5)2-3-12-7(16)13-4-8(9,10)11/h2-4H2,1H3,(H2,12,13,16). The molecular weight excluding hydrogens is 241 g/mol. The van der Waals surface area contributed by atoms with Crippen molar-refractivity contribution in [2.45, 2.75) is 19.5 Å². The largest absolute Gasteiger partial charge is 0.405 e. The van der Waals surface area contributed by atoms with Crippen molar-refractivity contribution in [1.29, 1.82) is 0 Å². The molecule has 0 unspecified atom stereocenters. The minimum atomic E-state index is -4.41. The summed E-state index contributed by atoms with van der Waals surface area (Å²) < 4.78 is 39.9. The van der Waals surface area contributed by atoms with E-state index in [0.29, 0.717) is 11.7 Å². The van der Waals surface area contributed by atoms with Crippen LogP contribution in [0, 0.1) is 6.92 Å². The molecule has 0 atom stereocenters. The summed E-state index contributed by atoms with van der Waals surface area (Å²) >= 11 is 0. The van der Waals surface area contributed by atoms with Crippen molar-refractivity contribution in [3.63, 3.8) is 0 Å². The summed E-state index contributed by atoms with van der Waals surface area (Å²) in [5, 5.41) is 7.48. The van der Waals surface area contributed by atoms with Crippen LogP contribution in [0.4, 0.5) is 18.0 Å². The van der Waals surface area contributed by atoms with Crippen molar-refractivity contribution in [3.8, 4) is 0 Å². The molecule has 0 saturated carbocycles. The molecule has 2 amide bonds. The maximum absolute atomic E-state index is 11.7. The van der Waals surface area contributed by atoms with Gasteiger partial charge < -0.3 is 15.2 Å². The zero-order valence-corrected chi connectivity index (χ0v) is 8.97. The molecule has 1 aromatic rings. The third-order valence-electron chi connectivity index (χ3n) is 1.65. The quantitative estimate of drug-likeness (QED) is 0.829. The lowest BCUT2D eigenvalue weighted by molar-refractivity contribution is -0.122. The van der Waals surface area contributed by atoms with E-state index in [1.807, 2.05) is 0 Å². The van der Waals surface area contributed by atoms with Crippen LogP contribution in [-0.2, 0) is 6.42 Å². The third kappa shape index (κ3) is 5.73. The molecule has 1 heterocycles. The number of urea groups is 1. The van der Waals surface area contributed by atoms with Gasteiger partial charge in [0.05, 0.1) is 0 Å². The van der Waals surface area contributed by atoms with Crippen molar-refractivity contribution in [3.05, 3.63) is 11.7 Å². The number of aryl methyl sites for hydroxylation is 1. The number of carbonyl (C=O) groups excluding carboxylic acids is 1. The predicted octanol–water partition coefficient (Wildman–Crippen LogP) is 0.782. The molecule has 1 rings (SSSR count). The van der Waals surface area contributed by atoms with Crippen LogP contribution >= 0.6 is 0 Å². The summed E-state index contributed by atoms with van der Waals surface area (Å²) in [6, 6.07) is -0.887. The van der Waals surface area contributed by atoms with E-state index < -0.39 is 18.8 Å². The van der Waals surface area contributed by atoms with Gasteiger partial charge in [-0.05, 0) is 0 Å². The number of halogens is 3. The summed E-state index contributed by atoms with van der Waals surface area (Å²) in [6.07, 6.45) is -4.13. The van der Waals surface area contributed by atoms with Crippen LogP contribution in [0.3, 0.4) is 0 Å². The Morgan fingerprint density at radius 1 is 1.41 bits per heavy atom. The van der Waals surface area contributed by atoms with Gasteiger partial charge in [-0.1, -0.05) is 5.16 Å². The predicted molar refractivity (Wildman–Crippen MR) is 50.2 cm³/mol. The second kappa shape index (κ2) is 5.51. The molecule has 0 aliphatic heterocycles. The second-order valence-corrected chi connectivity index (χ2v) is 3.20. The van der Waals surface area contributed by atoms with Gasteiger partial charge in [-0.3, -0.25) is 0 Å². The van der Waals surface area contributed by atoms with Crippen LogP contribution in [0.25, 0.3) is 0 Å². The lowest BCUT2D eigenvalue weighted by Gasteiger charge is -2.08. The number of aromatic nitrogens is 2. The molecule has 9 heteroatoms.